The normalized spacial score (nSPS) is 33.6. The van der Waals surface area contributed by atoms with Gasteiger partial charge in [-0.15, -0.1) is 0 Å². The van der Waals surface area contributed by atoms with Gasteiger partial charge in [-0.1, -0.05) is 38.8 Å². The number of hydrogen-bond donors (Lipinski definition) is 0. The minimum absolute atomic E-state index is 0.0289. The summed E-state index contributed by atoms with van der Waals surface area (Å²) in [5.41, 5.74) is 2.95. The van der Waals surface area contributed by atoms with Crippen LogP contribution in [0.25, 0.3) is 0 Å². The van der Waals surface area contributed by atoms with E-state index in [0.29, 0.717) is 40.3 Å². The number of carbonyl (C=O) groups is 1. The van der Waals surface area contributed by atoms with E-state index >= 15 is 0 Å². The van der Waals surface area contributed by atoms with Crippen molar-refractivity contribution in [1.29, 1.82) is 0 Å². The molecular weight excluding hydrogens is 334 g/mol. The molecule has 0 aromatic carbocycles. The number of carbonyl (C=O) groups excluding carboxylic acids is 1. The van der Waals surface area contributed by atoms with Crippen LogP contribution in [0.2, 0.25) is 5.15 Å². The molecule has 4 rings (SSSR count). The van der Waals surface area contributed by atoms with E-state index < -0.39 is 0 Å². The molecule has 3 aliphatic carbocycles. The quantitative estimate of drug-likeness (QED) is 0.510. The molecule has 0 amide bonds. The van der Waals surface area contributed by atoms with Gasteiger partial charge in [-0.05, 0) is 72.8 Å². The first-order valence-electron chi connectivity index (χ1n) is 9.85. The standard InChI is InChI=1S/C21H28ClNO2/c1-11(2)15-7-4-12(3)8-17(15)25-21(24)16-10-23-20(22)19-14-6-5-13(9-14)18(16)19/h10-15,17H,4-9H2,1-3H3/t12?,13-,14?,15?,17?/m1/s1. The number of ether oxygens (including phenoxy) is 1. The van der Waals surface area contributed by atoms with Gasteiger partial charge in [0.15, 0.2) is 0 Å². The van der Waals surface area contributed by atoms with Gasteiger partial charge in [-0.2, -0.15) is 0 Å². The number of hydrogen-bond acceptors (Lipinski definition) is 3. The Balaban J connectivity index is 1.60. The number of aromatic nitrogens is 1. The molecule has 1 heterocycles. The zero-order chi connectivity index (χ0) is 17.7. The Kier molecular flexibility index (Phi) is 4.56. The topological polar surface area (TPSA) is 39.2 Å². The van der Waals surface area contributed by atoms with Crippen LogP contribution in [-0.2, 0) is 4.74 Å². The van der Waals surface area contributed by atoms with Crippen LogP contribution in [0.1, 0.15) is 92.6 Å². The number of fused-ring (bicyclic) bond motifs is 5. The lowest BCUT2D eigenvalue weighted by Gasteiger charge is -2.36. The minimum atomic E-state index is -0.183. The molecule has 1 aromatic rings. The van der Waals surface area contributed by atoms with Gasteiger partial charge in [-0.3, -0.25) is 0 Å². The van der Waals surface area contributed by atoms with E-state index in [9.17, 15) is 4.79 Å². The molecule has 2 saturated carbocycles. The number of rotatable bonds is 3. The number of nitrogens with zero attached hydrogens (tertiary/aromatic N) is 1. The largest absolute Gasteiger partial charge is 0.458 e. The van der Waals surface area contributed by atoms with E-state index in [1.807, 2.05) is 0 Å². The molecular formula is C21H28ClNO2. The lowest BCUT2D eigenvalue weighted by Crippen LogP contribution is -2.36. The van der Waals surface area contributed by atoms with Crippen LogP contribution in [0.4, 0.5) is 0 Å². The highest BCUT2D eigenvalue weighted by Gasteiger charge is 2.42. The third kappa shape index (κ3) is 2.99. The summed E-state index contributed by atoms with van der Waals surface area (Å²) in [6, 6.07) is 0. The van der Waals surface area contributed by atoms with Crippen molar-refractivity contribution in [2.75, 3.05) is 0 Å². The van der Waals surface area contributed by atoms with Crippen LogP contribution in [0.15, 0.2) is 6.20 Å². The van der Waals surface area contributed by atoms with Gasteiger partial charge in [0, 0.05) is 6.20 Å². The maximum atomic E-state index is 13.0. The molecule has 0 N–H and O–H groups in total. The zero-order valence-corrected chi connectivity index (χ0v) is 16.2. The van der Waals surface area contributed by atoms with Crippen LogP contribution in [0.3, 0.4) is 0 Å². The van der Waals surface area contributed by atoms with Gasteiger partial charge in [0.1, 0.15) is 11.3 Å². The van der Waals surface area contributed by atoms with Gasteiger partial charge in [0.25, 0.3) is 0 Å². The molecule has 2 fully saturated rings. The molecule has 4 heteroatoms. The van der Waals surface area contributed by atoms with Crippen LogP contribution in [0.5, 0.6) is 0 Å². The summed E-state index contributed by atoms with van der Waals surface area (Å²) < 4.78 is 6.07. The van der Waals surface area contributed by atoms with Gasteiger partial charge in [-0.25, -0.2) is 9.78 Å². The molecule has 0 aliphatic heterocycles. The first-order chi connectivity index (χ1) is 12.0. The fraction of sp³-hybridized carbons (Fsp3) is 0.714. The molecule has 0 radical (unpaired) electrons. The summed E-state index contributed by atoms with van der Waals surface area (Å²) in [4.78, 5) is 17.3. The molecule has 0 spiro atoms. The molecule has 0 saturated heterocycles. The van der Waals surface area contributed by atoms with Crippen LogP contribution in [-0.4, -0.2) is 17.1 Å². The van der Waals surface area contributed by atoms with Crippen LogP contribution < -0.4 is 0 Å². The fourth-order valence-corrected chi connectivity index (χ4v) is 5.77. The van der Waals surface area contributed by atoms with E-state index in [2.05, 4.69) is 25.8 Å². The average Bonchev–Trinajstić information content (AvgIpc) is 3.17. The lowest BCUT2D eigenvalue weighted by atomic mass is 9.75. The van der Waals surface area contributed by atoms with Crippen molar-refractivity contribution in [3.63, 3.8) is 0 Å². The molecule has 5 atom stereocenters. The van der Waals surface area contributed by atoms with Gasteiger partial charge in [0.2, 0.25) is 0 Å². The van der Waals surface area contributed by atoms with Crippen molar-refractivity contribution in [2.45, 2.75) is 77.2 Å². The average molecular weight is 362 g/mol. The van der Waals surface area contributed by atoms with Crippen molar-refractivity contribution in [1.82, 2.24) is 4.98 Å². The van der Waals surface area contributed by atoms with Crippen molar-refractivity contribution in [2.24, 2.45) is 17.8 Å². The van der Waals surface area contributed by atoms with Crippen LogP contribution in [0, 0.1) is 17.8 Å². The van der Waals surface area contributed by atoms with E-state index in [0.717, 1.165) is 36.8 Å². The second kappa shape index (κ2) is 6.57. The Morgan fingerprint density at radius 3 is 2.60 bits per heavy atom. The predicted octanol–water partition coefficient (Wildman–Crippen LogP) is 5.72. The molecule has 136 valence electrons. The van der Waals surface area contributed by atoms with Gasteiger partial charge in [0.05, 0.1) is 5.56 Å². The summed E-state index contributed by atoms with van der Waals surface area (Å²) >= 11 is 6.35. The van der Waals surface area contributed by atoms with Gasteiger partial charge < -0.3 is 4.74 Å². The third-order valence-corrected chi connectivity index (χ3v) is 7.10. The monoisotopic (exact) mass is 361 g/mol. The maximum Gasteiger partial charge on any atom is 0.340 e. The Labute approximate surface area is 155 Å². The number of halogens is 1. The highest BCUT2D eigenvalue weighted by Crippen LogP contribution is 2.55. The van der Waals surface area contributed by atoms with E-state index in [1.165, 1.54) is 12.8 Å². The van der Waals surface area contributed by atoms with E-state index in [1.54, 1.807) is 6.20 Å². The molecule has 4 unspecified atom stereocenters. The molecule has 3 nitrogen and oxygen atoms in total. The maximum absolute atomic E-state index is 13.0. The highest BCUT2D eigenvalue weighted by molar-refractivity contribution is 6.30. The van der Waals surface area contributed by atoms with Crippen molar-refractivity contribution in [3.05, 3.63) is 28.0 Å². The number of esters is 1. The predicted molar refractivity (Wildman–Crippen MR) is 99.1 cm³/mol. The first kappa shape index (κ1) is 17.3. The second-order valence-corrected chi connectivity index (χ2v) is 9.12. The smallest absolute Gasteiger partial charge is 0.340 e. The lowest BCUT2D eigenvalue weighted by molar-refractivity contribution is -0.0175. The van der Waals surface area contributed by atoms with Crippen LogP contribution >= 0.6 is 11.6 Å². The minimum Gasteiger partial charge on any atom is -0.458 e. The molecule has 1 aromatic heterocycles. The molecule has 2 bridgehead atoms. The summed E-state index contributed by atoms with van der Waals surface area (Å²) in [5, 5.41) is 0.588. The summed E-state index contributed by atoms with van der Waals surface area (Å²) in [5.74, 6) is 2.40. The Bertz CT molecular complexity index is 687. The third-order valence-electron chi connectivity index (χ3n) is 6.80. The fourth-order valence-electron chi connectivity index (χ4n) is 5.46. The van der Waals surface area contributed by atoms with E-state index in [4.69, 9.17) is 16.3 Å². The Hall–Kier alpha value is -1.09. The molecule has 25 heavy (non-hydrogen) atoms. The SMILES string of the molecule is CC1CCC(C(C)C)C(OC(=O)c2cnc(Cl)c3c2[C@@H]2CCC3C2)C1. The van der Waals surface area contributed by atoms with Gasteiger partial charge >= 0.3 is 5.97 Å². The Morgan fingerprint density at radius 2 is 1.88 bits per heavy atom. The molecule has 3 aliphatic rings. The Morgan fingerprint density at radius 1 is 1.16 bits per heavy atom. The zero-order valence-electron chi connectivity index (χ0n) is 15.4. The number of pyridine rings is 1. The van der Waals surface area contributed by atoms with Crippen molar-refractivity contribution in [3.8, 4) is 0 Å². The first-order valence-corrected chi connectivity index (χ1v) is 10.2. The summed E-state index contributed by atoms with van der Waals surface area (Å²) in [7, 11) is 0. The van der Waals surface area contributed by atoms with Crippen molar-refractivity contribution >= 4 is 17.6 Å². The second-order valence-electron chi connectivity index (χ2n) is 8.77. The van der Waals surface area contributed by atoms with Crippen molar-refractivity contribution < 1.29 is 9.53 Å². The summed E-state index contributed by atoms with van der Waals surface area (Å²) in [6.07, 6.45) is 8.50. The summed E-state index contributed by atoms with van der Waals surface area (Å²) in [6.45, 7) is 6.74. The van der Waals surface area contributed by atoms with E-state index in [-0.39, 0.29) is 12.1 Å². The highest BCUT2D eigenvalue weighted by atomic mass is 35.5.